The summed E-state index contributed by atoms with van der Waals surface area (Å²) < 4.78 is 38.0. The summed E-state index contributed by atoms with van der Waals surface area (Å²) in [5, 5.41) is 6.77. The van der Waals surface area contributed by atoms with Crippen molar-refractivity contribution in [3.63, 3.8) is 0 Å². The topological polar surface area (TPSA) is 82.4 Å². The lowest BCUT2D eigenvalue weighted by molar-refractivity contribution is 0.168. The second-order valence-corrected chi connectivity index (χ2v) is 6.57. The van der Waals surface area contributed by atoms with Crippen LogP contribution in [-0.4, -0.2) is 29.6 Å². The Morgan fingerprint density at radius 1 is 1.16 bits per heavy atom. The van der Waals surface area contributed by atoms with Crippen molar-refractivity contribution >= 4 is 17.9 Å². The van der Waals surface area contributed by atoms with Gasteiger partial charge in [0.1, 0.15) is 23.1 Å². The number of aromatic nitrogens is 2. The summed E-state index contributed by atoms with van der Waals surface area (Å²) in [6.07, 6.45) is 2.16. The van der Waals surface area contributed by atoms with Crippen LogP contribution in [0, 0.1) is 11.6 Å². The van der Waals surface area contributed by atoms with E-state index in [4.69, 9.17) is 9.47 Å². The number of carbonyl (C=O) groups excluding carboxylic acids is 1. The first kappa shape index (κ1) is 22.7. The molecule has 0 saturated carbocycles. The molecule has 0 unspecified atom stereocenters. The number of hydrogen-bond donors (Lipinski definition) is 1. The molecule has 3 rings (SSSR count). The van der Waals surface area contributed by atoms with Crippen molar-refractivity contribution in [3.8, 4) is 17.0 Å². The van der Waals surface area contributed by atoms with Gasteiger partial charge in [0.25, 0.3) is 5.56 Å². The smallest absolute Gasteiger partial charge is 0.411 e. The highest BCUT2D eigenvalue weighted by Gasteiger charge is 2.13. The van der Waals surface area contributed by atoms with Crippen LogP contribution in [0.2, 0.25) is 0 Å². The summed E-state index contributed by atoms with van der Waals surface area (Å²) in [4.78, 5) is 24.7. The Hall–Kier alpha value is -4.01. The number of carbonyl (C=O) groups is 1. The maximum atomic E-state index is 13.8. The van der Waals surface area contributed by atoms with E-state index in [2.05, 4.69) is 10.4 Å². The molecular weight excluding hydrogens is 420 g/mol. The molecule has 2 aromatic carbocycles. The SMILES string of the molecule is CCOC(=O)Nc1cc(-c2ccc(OC)cc2)nn(C/C=C/c2ccc(F)cc2F)c1=O. The molecule has 32 heavy (non-hydrogen) atoms. The van der Waals surface area contributed by atoms with E-state index in [1.165, 1.54) is 24.3 Å². The number of methoxy groups -OCH3 is 1. The van der Waals surface area contributed by atoms with Crippen molar-refractivity contribution in [3.05, 3.63) is 82.2 Å². The number of allylic oxidation sites excluding steroid dienone is 1. The zero-order chi connectivity index (χ0) is 23.1. The van der Waals surface area contributed by atoms with E-state index in [0.717, 1.165) is 16.8 Å². The molecule has 9 heteroatoms. The summed E-state index contributed by atoms with van der Waals surface area (Å²) in [6, 6.07) is 11.6. The normalized spacial score (nSPS) is 10.9. The quantitative estimate of drug-likeness (QED) is 0.585. The van der Waals surface area contributed by atoms with Gasteiger partial charge >= 0.3 is 6.09 Å². The molecule has 0 aliphatic rings. The van der Waals surface area contributed by atoms with Gasteiger partial charge in [0, 0.05) is 17.2 Å². The van der Waals surface area contributed by atoms with Crippen LogP contribution in [-0.2, 0) is 11.3 Å². The molecule has 0 aliphatic carbocycles. The molecule has 0 radical (unpaired) electrons. The number of halogens is 2. The van der Waals surface area contributed by atoms with Crippen molar-refractivity contribution in [2.45, 2.75) is 13.5 Å². The molecule has 1 N–H and O–H groups in total. The Kier molecular flexibility index (Phi) is 7.33. The highest BCUT2D eigenvalue weighted by atomic mass is 19.1. The largest absolute Gasteiger partial charge is 0.497 e. The van der Waals surface area contributed by atoms with Gasteiger partial charge in [-0.3, -0.25) is 10.1 Å². The van der Waals surface area contributed by atoms with Crippen LogP contribution >= 0.6 is 0 Å². The Morgan fingerprint density at radius 2 is 1.91 bits per heavy atom. The summed E-state index contributed by atoms with van der Waals surface area (Å²) in [5.74, 6) is -0.756. The van der Waals surface area contributed by atoms with E-state index in [9.17, 15) is 18.4 Å². The Labute approximate surface area is 182 Å². The van der Waals surface area contributed by atoms with Gasteiger partial charge in [-0.15, -0.1) is 0 Å². The average Bonchev–Trinajstić information content (AvgIpc) is 2.78. The van der Waals surface area contributed by atoms with Gasteiger partial charge in [-0.2, -0.15) is 5.10 Å². The number of nitrogens with zero attached hydrogens (tertiary/aromatic N) is 2. The summed E-state index contributed by atoms with van der Waals surface area (Å²) in [7, 11) is 1.55. The summed E-state index contributed by atoms with van der Waals surface area (Å²) in [6.45, 7) is 1.77. The van der Waals surface area contributed by atoms with Crippen LogP contribution in [0.25, 0.3) is 17.3 Å². The van der Waals surface area contributed by atoms with Gasteiger partial charge < -0.3 is 9.47 Å². The predicted octanol–water partition coefficient (Wildman–Crippen LogP) is 4.48. The number of rotatable bonds is 7. The summed E-state index contributed by atoms with van der Waals surface area (Å²) in [5.41, 5.74) is 0.668. The van der Waals surface area contributed by atoms with Crippen molar-refractivity contribution in [2.75, 3.05) is 19.0 Å². The lowest BCUT2D eigenvalue weighted by Crippen LogP contribution is -2.28. The second kappa shape index (κ2) is 10.3. The maximum absolute atomic E-state index is 13.8. The highest BCUT2D eigenvalue weighted by Crippen LogP contribution is 2.21. The van der Waals surface area contributed by atoms with Gasteiger partial charge in [0.15, 0.2) is 0 Å². The summed E-state index contributed by atoms with van der Waals surface area (Å²) >= 11 is 0. The highest BCUT2D eigenvalue weighted by molar-refractivity contribution is 5.85. The van der Waals surface area contributed by atoms with Gasteiger partial charge in [0.05, 0.1) is 26.0 Å². The molecule has 0 bridgehead atoms. The van der Waals surface area contributed by atoms with Crippen LogP contribution in [0.5, 0.6) is 5.75 Å². The molecule has 166 valence electrons. The van der Waals surface area contributed by atoms with E-state index in [0.29, 0.717) is 17.0 Å². The predicted molar refractivity (Wildman–Crippen MR) is 117 cm³/mol. The number of benzene rings is 2. The van der Waals surface area contributed by atoms with Gasteiger partial charge in [0.2, 0.25) is 0 Å². The van der Waals surface area contributed by atoms with E-state index in [1.807, 2.05) is 0 Å². The maximum Gasteiger partial charge on any atom is 0.411 e. The van der Waals surface area contributed by atoms with Crippen molar-refractivity contribution < 1.29 is 23.0 Å². The van der Waals surface area contributed by atoms with Gasteiger partial charge in [-0.25, -0.2) is 18.3 Å². The van der Waals surface area contributed by atoms with E-state index in [1.54, 1.807) is 38.3 Å². The molecule has 1 amide bonds. The van der Waals surface area contributed by atoms with Crippen molar-refractivity contribution in [1.29, 1.82) is 0 Å². The van der Waals surface area contributed by atoms with Gasteiger partial charge in [-0.05, 0) is 49.4 Å². The second-order valence-electron chi connectivity index (χ2n) is 6.57. The van der Waals surface area contributed by atoms with Crippen LogP contribution in [0.3, 0.4) is 0 Å². The third-order valence-electron chi connectivity index (χ3n) is 4.41. The van der Waals surface area contributed by atoms with Crippen molar-refractivity contribution in [2.24, 2.45) is 0 Å². The van der Waals surface area contributed by atoms with Crippen LogP contribution in [0.1, 0.15) is 12.5 Å². The standard InChI is InChI=1S/C23H21F2N3O4/c1-3-32-23(30)26-21-14-20(16-7-10-18(31-2)11-8-16)27-28(22(21)29)12-4-5-15-6-9-17(24)13-19(15)25/h4-11,13-14H,3,12H2,1-2H3,(H,26,30)/b5-4+. The number of ether oxygens (including phenoxy) is 2. The van der Waals surface area contributed by atoms with Gasteiger partial charge in [-0.1, -0.05) is 12.2 Å². The lowest BCUT2D eigenvalue weighted by Gasteiger charge is -2.11. The Bertz CT molecular complexity index is 1190. The molecular formula is C23H21F2N3O4. The molecule has 0 spiro atoms. The van der Waals surface area contributed by atoms with E-state index < -0.39 is 23.3 Å². The number of anilines is 1. The molecule has 0 fully saturated rings. The van der Waals surface area contributed by atoms with E-state index >= 15 is 0 Å². The fourth-order valence-corrected chi connectivity index (χ4v) is 2.85. The number of nitrogens with one attached hydrogen (secondary N) is 1. The van der Waals surface area contributed by atoms with Crippen LogP contribution in [0.15, 0.2) is 59.4 Å². The van der Waals surface area contributed by atoms with E-state index in [-0.39, 0.29) is 24.4 Å². The Balaban J connectivity index is 1.96. The Morgan fingerprint density at radius 3 is 2.56 bits per heavy atom. The minimum absolute atomic E-state index is 0.0167. The minimum atomic E-state index is -0.771. The monoisotopic (exact) mass is 441 g/mol. The molecule has 3 aromatic rings. The molecule has 0 aliphatic heterocycles. The number of amides is 1. The molecule has 7 nitrogen and oxygen atoms in total. The minimum Gasteiger partial charge on any atom is -0.497 e. The molecule has 1 aromatic heterocycles. The first-order valence-electron chi connectivity index (χ1n) is 9.73. The average molecular weight is 441 g/mol. The van der Waals surface area contributed by atoms with Crippen molar-refractivity contribution in [1.82, 2.24) is 9.78 Å². The zero-order valence-corrected chi connectivity index (χ0v) is 17.5. The first-order chi connectivity index (χ1) is 15.4. The zero-order valence-electron chi connectivity index (χ0n) is 17.5. The first-order valence-corrected chi connectivity index (χ1v) is 9.73. The molecule has 0 saturated heterocycles. The molecule has 0 atom stereocenters. The third kappa shape index (κ3) is 5.57. The molecule has 1 heterocycles. The van der Waals surface area contributed by atoms with Crippen LogP contribution in [0.4, 0.5) is 19.3 Å². The fourth-order valence-electron chi connectivity index (χ4n) is 2.85. The third-order valence-corrected chi connectivity index (χ3v) is 4.41. The van der Waals surface area contributed by atoms with Crippen LogP contribution < -0.4 is 15.6 Å². The fraction of sp³-hybridized carbons (Fsp3) is 0.174. The lowest BCUT2D eigenvalue weighted by atomic mass is 10.1. The number of hydrogen-bond acceptors (Lipinski definition) is 5.